The van der Waals surface area contributed by atoms with Crippen LogP contribution in [-0.4, -0.2) is 32.7 Å². The zero-order valence-corrected chi connectivity index (χ0v) is 13.5. The first-order valence-electron chi connectivity index (χ1n) is 8.54. The zero-order chi connectivity index (χ0) is 16.7. The van der Waals surface area contributed by atoms with Crippen molar-refractivity contribution in [2.24, 2.45) is 0 Å². The van der Waals surface area contributed by atoms with Gasteiger partial charge >= 0.3 is 5.97 Å². The Kier molecular flexibility index (Phi) is 7.02. The van der Waals surface area contributed by atoms with E-state index in [9.17, 15) is 15.0 Å². The molecule has 0 radical (unpaired) electrons. The van der Waals surface area contributed by atoms with Gasteiger partial charge in [0.2, 0.25) is 0 Å². The van der Waals surface area contributed by atoms with Gasteiger partial charge in [0.15, 0.2) is 0 Å². The van der Waals surface area contributed by atoms with Crippen LogP contribution in [0.2, 0.25) is 0 Å². The second kappa shape index (κ2) is 9.01. The van der Waals surface area contributed by atoms with Gasteiger partial charge in [-0.15, -0.1) is 0 Å². The summed E-state index contributed by atoms with van der Waals surface area (Å²) in [6, 6.07) is 7.48. The van der Waals surface area contributed by atoms with E-state index in [-0.39, 0.29) is 6.42 Å². The minimum absolute atomic E-state index is 0.269. The summed E-state index contributed by atoms with van der Waals surface area (Å²) in [4.78, 5) is 12.1. The molecule has 5 heteroatoms. The number of aliphatic carboxylic acids is 1. The molecule has 0 fully saturated rings. The van der Waals surface area contributed by atoms with E-state index in [1.54, 1.807) is 4.90 Å². The van der Waals surface area contributed by atoms with Crippen LogP contribution in [0.1, 0.15) is 74.9 Å². The van der Waals surface area contributed by atoms with Crippen LogP contribution in [0.4, 0.5) is 0 Å². The van der Waals surface area contributed by atoms with Crippen LogP contribution in [0.25, 0.3) is 0 Å². The molecule has 0 saturated carbocycles. The van der Waals surface area contributed by atoms with Crippen molar-refractivity contribution in [2.75, 3.05) is 6.54 Å². The molecule has 23 heavy (non-hydrogen) atoms. The number of aliphatic hydroxyl groups excluding tert-OH is 2. The van der Waals surface area contributed by atoms with Gasteiger partial charge in [-0.3, -0.25) is 4.79 Å². The van der Waals surface area contributed by atoms with Crippen LogP contribution in [0.3, 0.4) is 0 Å². The Bertz CT molecular complexity index is 477. The summed E-state index contributed by atoms with van der Waals surface area (Å²) in [7, 11) is 0. The summed E-state index contributed by atoms with van der Waals surface area (Å²) >= 11 is 0. The molecule has 0 bridgehead atoms. The van der Waals surface area contributed by atoms with Gasteiger partial charge in [0.25, 0.3) is 0 Å². The molecule has 1 heterocycles. The van der Waals surface area contributed by atoms with Gasteiger partial charge in [0.1, 0.15) is 12.5 Å². The van der Waals surface area contributed by atoms with Crippen LogP contribution in [0.5, 0.6) is 0 Å². The topological polar surface area (TPSA) is 81.0 Å². The van der Waals surface area contributed by atoms with Gasteiger partial charge < -0.3 is 15.3 Å². The molecule has 1 aliphatic heterocycles. The number of hydrogen-bond donors (Lipinski definition) is 3. The summed E-state index contributed by atoms with van der Waals surface area (Å²) in [6.45, 7) is 0.677. The van der Waals surface area contributed by atoms with Crippen LogP contribution >= 0.6 is 0 Å². The Morgan fingerprint density at radius 1 is 0.870 bits per heavy atom. The van der Waals surface area contributed by atoms with E-state index in [1.165, 1.54) is 0 Å². The SMILES string of the molecule is O=C(O)CCCCCCCCCN1C(O)c2ccccc2C1O. The molecule has 3 N–H and O–H groups in total. The second-order valence-corrected chi connectivity index (χ2v) is 6.23. The van der Waals surface area contributed by atoms with E-state index in [2.05, 4.69) is 0 Å². The molecule has 2 unspecified atom stereocenters. The normalized spacial score (nSPS) is 20.6. The third-order valence-electron chi connectivity index (χ3n) is 4.49. The number of carbonyl (C=O) groups is 1. The van der Waals surface area contributed by atoms with Gasteiger partial charge in [-0.25, -0.2) is 4.90 Å². The van der Waals surface area contributed by atoms with Crippen molar-refractivity contribution in [3.63, 3.8) is 0 Å². The Morgan fingerprint density at radius 3 is 1.87 bits per heavy atom. The van der Waals surface area contributed by atoms with E-state index < -0.39 is 18.4 Å². The first-order valence-corrected chi connectivity index (χ1v) is 8.54. The lowest BCUT2D eigenvalue weighted by molar-refractivity contribution is -0.137. The van der Waals surface area contributed by atoms with Gasteiger partial charge in [-0.2, -0.15) is 0 Å². The predicted octanol–water partition coefficient (Wildman–Crippen LogP) is 3.19. The lowest BCUT2D eigenvalue weighted by Gasteiger charge is -2.24. The first kappa shape index (κ1) is 17.9. The largest absolute Gasteiger partial charge is 0.481 e. The Morgan fingerprint density at radius 2 is 1.35 bits per heavy atom. The first-order chi connectivity index (χ1) is 11.1. The van der Waals surface area contributed by atoms with Crippen molar-refractivity contribution in [3.05, 3.63) is 35.4 Å². The number of nitrogens with zero attached hydrogens (tertiary/aromatic N) is 1. The number of benzene rings is 1. The van der Waals surface area contributed by atoms with Gasteiger partial charge in [-0.05, 0) is 12.8 Å². The van der Waals surface area contributed by atoms with Crippen molar-refractivity contribution in [1.29, 1.82) is 0 Å². The Labute approximate surface area is 137 Å². The standard InChI is InChI=1S/C18H27NO4/c20-16(21)12-6-4-2-1-3-5-9-13-19-17(22)14-10-7-8-11-15(14)18(19)23/h7-8,10-11,17-18,22-23H,1-6,9,12-13H2,(H,20,21). The third kappa shape index (κ3) is 5.03. The zero-order valence-electron chi connectivity index (χ0n) is 13.5. The highest BCUT2D eigenvalue weighted by atomic mass is 16.4. The third-order valence-corrected chi connectivity index (χ3v) is 4.49. The van der Waals surface area contributed by atoms with Crippen molar-refractivity contribution in [1.82, 2.24) is 4.90 Å². The summed E-state index contributed by atoms with van der Waals surface area (Å²) in [5.41, 5.74) is 1.61. The van der Waals surface area contributed by atoms with E-state index >= 15 is 0 Å². The van der Waals surface area contributed by atoms with Crippen molar-refractivity contribution < 1.29 is 20.1 Å². The molecule has 1 aromatic rings. The maximum absolute atomic E-state index is 10.4. The molecule has 2 rings (SSSR count). The molecular formula is C18H27NO4. The predicted molar refractivity (Wildman–Crippen MR) is 87.6 cm³/mol. The highest BCUT2D eigenvalue weighted by Crippen LogP contribution is 2.38. The highest BCUT2D eigenvalue weighted by molar-refractivity contribution is 5.66. The van der Waals surface area contributed by atoms with Crippen LogP contribution < -0.4 is 0 Å². The fraction of sp³-hybridized carbons (Fsp3) is 0.611. The van der Waals surface area contributed by atoms with Crippen molar-refractivity contribution in [2.45, 2.75) is 63.8 Å². The molecule has 128 valence electrons. The molecule has 0 amide bonds. The van der Waals surface area contributed by atoms with Crippen LogP contribution in [-0.2, 0) is 4.79 Å². The lowest BCUT2D eigenvalue weighted by atomic mass is 10.1. The smallest absolute Gasteiger partial charge is 0.303 e. The maximum atomic E-state index is 10.4. The fourth-order valence-corrected chi connectivity index (χ4v) is 3.17. The number of hydrogen-bond acceptors (Lipinski definition) is 4. The van der Waals surface area contributed by atoms with E-state index in [4.69, 9.17) is 5.11 Å². The van der Waals surface area contributed by atoms with Gasteiger partial charge in [0.05, 0.1) is 0 Å². The quantitative estimate of drug-likeness (QED) is 0.577. The number of aliphatic hydroxyl groups is 2. The average molecular weight is 321 g/mol. The molecular weight excluding hydrogens is 294 g/mol. The molecule has 0 aliphatic carbocycles. The Balaban J connectivity index is 1.58. The summed E-state index contributed by atoms with van der Waals surface area (Å²) in [6.07, 6.45) is 5.89. The highest BCUT2D eigenvalue weighted by Gasteiger charge is 2.35. The van der Waals surface area contributed by atoms with Crippen LogP contribution in [0, 0.1) is 0 Å². The fourth-order valence-electron chi connectivity index (χ4n) is 3.17. The van der Waals surface area contributed by atoms with E-state index in [0.717, 1.165) is 56.1 Å². The number of carboxylic acid groups (broad SMARTS) is 1. The number of carboxylic acids is 1. The molecule has 1 aromatic carbocycles. The number of rotatable bonds is 10. The van der Waals surface area contributed by atoms with E-state index in [1.807, 2.05) is 24.3 Å². The number of unbranched alkanes of at least 4 members (excludes halogenated alkanes) is 6. The van der Waals surface area contributed by atoms with Crippen LogP contribution in [0.15, 0.2) is 24.3 Å². The minimum Gasteiger partial charge on any atom is -0.481 e. The maximum Gasteiger partial charge on any atom is 0.303 e. The van der Waals surface area contributed by atoms with E-state index in [0.29, 0.717) is 6.54 Å². The molecule has 5 nitrogen and oxygen atoms in total. The summed E-state index contributed by atoms with van der Waals surface area (Å²) < 4.78 is 0. The second-order valence-electron chi connectivity index (χ2n) is 6.23. The molecule has 1 aliphatic rings. The molecule has 0 saturated heterocycles. The van der Waals surface area contributed by atoms with Crippen molar-refractivity contribution >= 4 is 5.97 Å². The number of fused-ring (bicyclic) bond motifs is 1. The molecule has 0 spiro atoms. The van der Waals surface area contributed by atoms with Gasteiger partial charge in [0, 0.05) is 24.1 Å². The summed E-state index contributed by atoms with van der Waals surface area (Å²) in [5.74, 6) is -0.714. The average Bonchev–Trinajstić information content (AvgIpc) is 2.78. The Hall–Kier alpha value is -1.43. The molecule has 2 atom stereocenters. The monoisotopic (exact) mass is 321 g/mol. The van der Waals surface area contributed by atoms with Gasteiger partial charge in [-0.1, -0.05) is 56.4 Å². The van der Waals surface area contributed by atoms with Crippen molar-refractivity contribution in [3.8, 4) is 0 Å². The summed E-state index contributed by atoms with van der Waals surface area (Å²) in [5, 5.41) is 29.1. The lowest BCUT2D eigenvalue weighted by Crippen LogP contribution is -2.27. The molecule has 0 aromatic heterocycles. The minimum atomic E-state index is -0.714.